The highest BCUT2D eigenvalue weighted by Crippen LogP contribution is 2.18. The summed E-state index contributed by atoms with van der Waals surface area (Å²) in [5, 5.41) is 11.4. The summed E-state index contributed by atoms with van der Waals surface area (Å²) >= 11 is 1.90. The van der Waals surface area contributed by atoms with Crippen molar-refractivity contribution >= 4 is 34.5 Å². The molecule has 4 rings (SSSR count). The third-order valence-electron chi connectivity index (χ3n) is 5.01. The quantitative estimate of drug-likeness (QED) is 0.837. The fourth-order valence-electron chi connectivity index (χ4n) is 3.53. The summed E-state index contributed by atoms with van der Waals surface area (Å²) in [4.78, 5) is 29.0. The van der Waals surface area contributed by atoms with Gasteiger partial charge in [0.1, 0.15) is 0 Å². The van der Waals surface area contributed by atoms with E-state index in [1.807, 2.05) is 40.9 Å². The van der Waals surface area contributed by atoms with E-state index in [0.29, 0.717) is 38.3 Å². The van der Waals surface area contributed by atoms with Gasteiger partial charge in [0, 0.05) is 62.1 Å². The van der Waals surface area contributed by atoms with Gasteiger partial charge in [-0.1, -0.05) is 18.2 Å². The summed E-state index contributed by atoms with van der Waals surface area (Å²) in [6, 6.07) is 7.91. The van der Waals surface area contributed by atoms with E-state index in [9.17, 15) is 9.59 Å². The lowest BCUT2D eigenvalue weighted by Crippen LogP contribution is -2.52. The molecule has 8 heteroatoms. The van der Waals surface area contributed by atoms with Gasteiger partial charge in [0.25, 0.3) is 5.91 Å². The molecule has 1 unspecified atom stereocenters. The molecule has 2 saturated heterocycles. The number of carbonyl (C=O) groups is 2. The number of nitrogens with zero attached hydrogens (tertiary/aromatic N) is 3. The number of fused-ring (bicyclic) bond motifs is 1. The minimum Gasteiger partial charge on any atom is -0.339 e. The number of amides is 2. The molecular formula is C18H23N5O2S. The molecule has 1 aromatic carbocycles. The van der Waals surface area contributed by atoms with E-state index in [-0.39, 0.29) is 17.9 Å². The van der Waals surface area contributed by atoms with E-state index < -0.39 is 0 Å². The van der Waals surface area contributed by atoms with Crippen LogP contribution in [0.5, 0.6) is 0 Å². The van der Waals surface area contributed by atoms with E-state index in [1.54, 1.807) is 4.90 Å². The van der Waals surface area contributed by atoms with Gasteiger partial charge < -0.3 is 15.1 Å². The number of nitrogens with one attached hydrogen (secondary N) is 2. The molecule has 0 spiro atoms. The van der Waals surface area contributed by atoms with Crippen molar-refractivity contribution in [3.8, 4) is 0 Å². The van der Waals surface area contributed by atoms with Crippen molar-refractivity contribution < 1.29 is 9.59 Å². The molecular weight excluding hydrogens is 350 g/mol. The third kappa shape index (κ3) is 3.57. The van der Waals surface area contributed by atoms with Crippen LogP contribution in [0.2, 0.25) is 0 Å². The van der Waals surface area contributed by atoms with Crippen LogP contribution < -0.4 is 5.32 Å². The van der Waals surface area contributed by atoms with Gasteiger partial charge in [-0.15, -0.1) is 0 Å². The maximum atomic E-state index is 12.8. The van der Waals surface area contributed by atoms with Crippen molar-refractivity contribution in [3.05, 3.63) is 30.0 Å². The van der Waals surface area contributed by atoms with Crippen molar-refractivity contribution in [3.63, 3.8) is 0 Å². The number of hydrogen-bond donors (Lipinski definition) is 2. The zero-order valence-corrected chi connectivity index (χ0v) is 15.4. The normalized spacial score (nSPS) is 21.2. The Morgan fingerprint density at radius 3 is 2.69 bits per heavy atom. The Kier molecular flexibility index (Phi) is 5.12. The molecule has 0 bridgehead atoms. The Morgan fingerprint density at radius 2 is 1.92 bits per heavy atom. The first-order chi connectivity index (χ1) is 12.7. The molecule has 2 fully saturated rings. The fourth-order valence-corrected chi connectivity index (χ4v) is 4.47. The van der Waals surface area contributed by atoms with E-state index in [2.05, 4.69) is 15.5 Å². The Bertz CT molecular complexity index is 794. The van der Waals surface area contributed by atoms with Crippen LogP contribution in [0.15, 0.2) is 24.3 Å². The van der Waals surface area contributed by atoms with Crippen LogP contribution in [0.3, 0.4) is 0 Å². The molecule has 2 aliphatic heterocycles. The average molecular weight is 373 g/mol. The van der Waals surface area contributed by atoms with Crippen LogP contribution in [0.1, 0.15) is 16.9 Å². The Labute approximate surface area is 156 Å². The molecule has 2 aromatic rings. The maximum absolute atomic E-state index is 12.8. The van der Waals surface area contributed by atoms with Gasteiger partial charge in [-0.05, 0) is 6.07 Å². The first-order valence-corrected chi connectivity index (χ1v) is 10.2. The molecule has 2 amide bonds. The number of H-pyrrole nitrogens is 1. The maximum Gasteiger partial charge on any atom is 0.275 e. The summed E-state index contributed by atoms with van der Waals surface area (Å²) in [7, 11) is 0. The number of carbonyl (C=O) groups excluding carboxylic acids is 2. The largest absolute Gasteiger partial charge is 0.339 e. The summed E-state index contributed by atoms with van der Waals surface area (Å²) in [6.07, 6.45) is 0.547. The van der Waals surface area contributed by atoms with Crippen LogP contribution in [0.25, 0.3) is 10.9 Å². The van der Waals surface area contributed by atoms with Crippen molar-refractivity contribution in [2.24, 2.45) is 0 Å². The van der Waals surface area contributed by atoms with Gasteiger partial charge >= 0.3 is 0 Å². The molecule has 3 heterocycles. The van der Waals surface area contributed by atoms with Gasteiger partial charge in [-0.25, -0.2) is 0 Å². The lowest BCUT2D eigenvalue weighted by atomic mass is 10.1. The number of rotatable bonds is 3. The summed E-state index contributed by atoms with van der Waals surface area (Å²) < 4.78 is 0. The SMILES string of the molecule is O=C(CC1CSCCN1)N1CCN(C(=O)c2n[nH]c3ccccc23)CC1. The van der Waals surface area contributed by atoms with Gasteiger partial charge in [0.05, 0.1) is 5.52 Å². The van der Waals surface area contributed by atoms with Gasteiger partial charge in [-0.3, -0.25) is 14.7 Å². The predicted octanol–water partition coefficient (Wildman–Crippen LogP) is 0.942. The molecule has 0 saturated carbocycles. The predicted molar refractivity (Wildman–Crippen MR) is 102 cm³/mol. The molecule has 7 nitrogen and oxygen atoms in total. The van der Waals surface area contributed by atoms with Crippen molar-refractivity contribution in [2.75, 3.05) is 44.2 Å². The van der Waals surface area contributed by atoms with Gasteiger partial charge in [0.15, 0.2) is 5.69 Å². The molecule has 2 aliphatic rings. The Balaban J connectivity index is 1.34. The Hall–Kier alpha value is -2.06. The van der Waals surface area contributed by atoms with Crippen LogP contribution in [0, 0.1) is 0 Å². The number of para-hydroxylation sites is 1. The minimum atomic E-state index is -0.0695. The summed E-state index contributed by atoms with van der Waals surface area (Å²) in [6.45, 7) is 3.26. The highest BCUT2D eigenvalue weighted by atomic mass is 32.2. The smallest absolute Gasteiger partial charge is 0.275 e. The fraction of sp³-hybridized carbons (Fsp3) is 0.500. The topological polar surface area (TPSA) is 81.3 Å². The van der Waals surface area contributed by atoms with Crippen molar-refractivity contribution in [1.82, 2.24) is 25.3 Å². The van der Waals surface area contributed by atoms with Crippen LogP contribution in [-0.2, 0) is 4.79 Å². The summed E-state index contributed by atoms with van der Waals surface area (Å²) in [5.41, 5.74) is 1.33. The lowest BCUT2D eigenvalue weighted by Gasteiger charge is -2.35. The van der Waals surface area contributed by atoms with E-state index in [4.69, 9.17) is 0 Å². The monoisotopic (exact) mass is 373 g/mol. The third-order valence-corrected chi connectivity index (χ3v) is 6.14. The van der Waals surface area contributed by atoms with E-state index in [1.165, 1.54) is 0 Å². The molecule has 26 heavy (non-hydrogen) atoms. The molecule has 0 aliphatic carbocycles. The highest BCUT2D eigenvalue weighted by molar-refractivity contribution is 7.99. The Morgan fingerprint density at radius 1 is 1.15 bits per heavy atom. The first-order valence-electron chi connectivity index (χ1n) is 9.03. The molecule has 0 radical (unpaired) electrons. The lowest BCUT2D eigenvalue weighted by molar-refractivity contribution is -0.133. The van der Waals surface area contributed by atoms with Crippen LogP contribution in [0.4, 0.5) is 0 Å². The van der Waals surface area contributed by atoms with Crippen LogP contribution in [-0.4, -0.2) is 82.1 Å². The van der Waals surface area contributed by atoms with Crippen molar-refractivity contribution in [2.45, 2.75) is 12.5 Å². The number of piperazine rings is 1. The second-order valence-electron chi connectivity index (χ2n) is 6.72. The first kappa shape index (κ1) is 17.4. The van der Waals surface area contributed by atoms with Gasteiger partial charge in [-0.2, -0.15) is 16.9 Å². The highest BCUT2D eigenvalue weighted by Gasteiger charge is 2.28. The average Bonchev–Trinajstić information content (AvgIpc) is 3.12. The van der Waals surface area contributed by atoms with Crippen molar-refractivity contribution in [1.29, 1.82) is 0 Å². The molecule has 1 atom stereocenters. The standard InChI is InChI=1S/C18H23N5O2S/c24-16(11-13-12-26-10-5-19-13)22-6-8-23(9-7-22)18(25)17-14-3-1-2-4-15(14)20-21-17/h1-4,13,19H,5-12H2,(H,20,21). The summed E-state index contributed by atoms with van der Waals surface area (Å²) in [5.74, 6) is 2.23. The number of benzene rings is 1. The number of aromatic amines is 1. The van der Waals surface area contributed by atoms with E-state index in [0.717, 1.165) is 29.0 Å². The minimum absolute atomic E-state index is 0.0695. The second kappa shape index (κ2) is 7.67. The molecule has 138 valence electrons. The number of hydrogen-bond acceptors (Lipinski definition) is 5. The number of thioether (sulfide) groups is 1. The zero-order chi connectivity index (χ0) is 17.9. The van der Waals surface area contributed by atoms with Crippen LogP contribution >= 0.6 is 11.8 Å². The molecule has 1 aromatic heterocycles. The zero-order valence-electron chi connectivity index (χ0n) is 14.6. The van der Waals surface area contributed by atoms with Gasteiger partial charge in [0.2, 0.25) is 5.91 Å². The number of aromatic nitrogens is 2. The second-order valence-corrected chi connectivity index (χ2v) is 7.87. The van der Waals surface area contributed by atoms with E-state index >= 15 is 0 Å². The molecule has 2 N–H and O–H groups in total.